The summed E-state index contributed by atoms with van der Waals surface area (Å²) in [5.74, 6) is -27.0. The molecule has 1 saturated carbocycles. The first-order valence-electron chi connectivity index (χ1n) is 4.64. The Kier molecular flexibility index (Phi) is 2.96. The van der Waals surface area contributed by atoms with Crippen LogP contribution in [-0.2, 0) is 0 Å². The van der Waals surface area contributed by atoms with Gasteiger partial charge in [0.2, 0.25) is 5.41 Å². The molecule has 0 aromatic rings. The van der Waals surface area contributed by atoms with E-state index in [4.69, 9.17) is 0 Å². The molecule has 1 fully saturated rings. The van der Waals surface area contributed by atoms with Crippen molar-refractivity contribution in [2.45, 2.75) is 43.2 Å². The average Bonchev–Trinajstić information content (AvgIpc) is 2.19. The van der Waals surface area contributed by atoms with Crippen LogP contribution in [0, 0.1) is 5.41 Å². The molecule has 0 N–H and O–H groups in total. The minimum absolute atomic E-state index is 0.0623. The van der Waals surface area contributed by atoms with Gasteiger partial charge in [-0.25, -0.2) is 0 Å². The number of halogens is 11. The lowest BCUT2D eigenvalue weighted by Gasteiger charge is -2.38. The Labute approximate surface area is 98.1 Å². The van der Waals surface area contributed by atoms with E-state index < -0.39 is 41.7 Å². The molecule has 1 aliphatic carbocycles. The standard InChI is InChI=1S/C8H5F11/c1-2-3(8(17,18)19)4(9,10)6(13,14)7(15,16)5(3,11)12/h2H2,1H3. The van der Waals surface area contributed by atoms with Gasteiger partial charge in [0.25, 0.3) is 0 Å². The maximum absolute atomic E-state index is 13.1. The number of rotatable bonds is 1. The fourth-order valence-corrected chi connectivity index (χ4v) is 2.13. The molecule has 0 heterocycles. The second-order valence-corrected chi connectivity index (χ2v) is 4.05. The van der Waals surface area contributed by atoms with Gasteiger partial charge in [-0.2, -0.15) is 48.3 Å². The van der Waals surface area contributed by atoms with Gasteiger partial charge < -0.3 is 0 Å². The number of alkyl halides is 11. The molecular weight excluding hydrogens is 305 g/mol. The predicted octanol–water partition coefficient (Wildman–Crippen LogP) is 4.50. The summed E-state index contributed by atoms with van der Waals surface area (Å²) in [6, 6.07) is 0. The Morgan fingerprint density at radius 3 is 1.00 bits per heavy atom. The first-order valence-corrected chi connectivity index (χ1v) is 4.64. The van der Waals surface area contributed by atoms with Gasteiger partial charge in [-0.1, -0.05) is 6.92 Å². The third kappa shape index (κ3) is 1.26. The first-order chi connectivity index (χ1) is 8.06. The molecular formula is C8H5F11. The van der Waals surface area contributed by atoms with Gasteiger partial charge in [-0.3, -0.25) is 0 Å². The van der Waals surface area contributed by atoms with Crippen LogP contribution in [0.15, 0.2) is 0 Å². The molecule has 11 heteroatoms. The fraction of sp³-hybridized carbons (Fsp3) is 1.00. The number of hydrogen-bond acceptors (Lipinski definition) is 0. The minimum atomic E-state index is -6.82. The Balaban J connectivity index is 3.83. The summed E-state index contributed by atoms with van der Waals surface area (Å²) in [5, 5.41) is 0. The Hall–Kier alpha value is -0.770. The van der Waals surface area contributed by atoms with E-state index in [2.05, 4.69) is 0 Å². The monoisotopic (exact) mass is 310 g/mol. The highest BCUT2D eigenvalue weighted by Gasteiger charge is 3.03. The highest BCUT2D eigenvalue weighted by molar-refractivity contribution is 5.26. The van der Waals surface area contributed by atoms with Crippen molar-refractivity contribution in [2.75, 3.05) is 0 Å². The lowest BCUT2D eigenvalue weighted by molar-refractivity contribution is -0.363. The van der Waals surface area contributed by atoms with E-state index in [0.717, 1.165) is 0 Å². The van der Waals surface area contributed by atoms with Gasteiger partial charge in [0.1, 0.15) is 0 Å². The Morgan fingerprint density at radius 1 is 0.632 bits per heavy atom. The van der Waals surface area contributed by atoms with Crippen LogP contribution in [0.2, 0.25) is 0 Å². The van der Waals surface area contributed by atoms with Gasteiger partial charge >= 0.3 is 29.9 Å². The normalized spacial score (nSPS) is 30.3. The van der Waals surface area contributed by atoms with Gasteiger partial charge in [-0.05, 0) is 6.42 Å². The third-order valence-electron chi connectivity index (χ3n) is 3.27. The van der Waals surface area contributed by atoms with Gasteiger partial charge in [0, 0.05) is 0 Å². The molecule has 0 radical (unpaired) electrons. The summed E-state index contributed by atoms with van der Waals surface area (Å²) < 4.78 is 141. The van der Waals surface area contributed by atoms with Crippen LogP contribution in [0.3, 0.4) is 0 Å². The molecule has 0 amide bonds. The molecule has 0 aliphatic heterocycles. The third-order valence-corrected chi connectivity index (χ3v) is 3.27. The molecule has 19 heavy (non-hydrogen) atoms. The molecule has 0 saturated heterocycles. The van der Waals surface area contributed by atoms with Gasteiger partial charge in [-0.15, -0.1) is 0 Å². The van der Waals surface area contributed by atoms with Crippen LogP contribution in [-0.4, -0.2) is 29.9 Å². The van der Waals surface area contributed by atoms with Crippen LogP contribution in [0.4, 0.5) is 48.3 Å². The molecule has 0 aromatic heterocycles. The van der Waals surface area contributed by atoms with Crippen LogP contribution in [0.1, 0.15) is 13.3 Å². The van der Waals surface area contributed by atoms with Crippen molar-refractivity contribution in [1.29, 1.82) is 0 Å². The maximum Gasteiger partial charge on any atom is 0.406 e. The van der Waals surface area contributed by atoms with E-state index >= 15 is 0 Å². The van der Waals surface area contributed by atoms with Crippen LogP contribution in [0.5, 0.6) is 0 Å². The van der Waals surface area contributed by atoms with E-state index in [1.807, 2.05) is 0 Å². The van der Waals surface area contributed by atoms with Crippen LogP contribution in [0.25, 0.3) is 0 Å². The summed E-state index contributed by atoms with van der Waals surface area (Å²) in [7, 11) is 0. The van der Waals surface area contributed by atoms with Crippen molar-refractivity contribution >= 4 is 0 Å². The van der Waals surface area contributed by atoms with Crippen molar-refractivity contribution in [3.8, 4) is 0 Å². The Bertz CT molecular complexity index is 351. The van der Waals surface area contributed by atoms with Crippen molar-refractivity contribution in [3.63, 3.8) is 0 Å². The quantitative estimate of drug-likeness (QED) is 0.626. The van der Waals surface area contributed by atoms with Crippen LogP contribution < -0.4 is 0 Å². The summed E-state index contributed by atoms with van der Waals surface area (Å²) in [5.41, 5.74) is -5.83. The number of hydrogen-bond donors (Lipinski definition) is 0. The molecule has 0 spiro atoms. The summed E-state index contributed by atoms with van der Waals surface area (Å²) in [4.78, 5) is 0. The first kappa shape index (κ1) is 16.3. The smallest absolute Gasteiger partial charge is 0.198 e. The van der Waals surface area contributed by atoms with E-state index in [1.54, 1.807) is 0 Å². The topological polar surface area (TPSA) is 0 Å². The summed E-state index contributed by atoms with van der Waals surface area (Å²) in [6.45, 7) is 0.0623. The molecule has 0 bridgehead atoms. The van der Waals surface area contributed by atoms with Gasteiger partial charge in [0.05, 0.1) is 0 Å². The SMILES string of the molecule is CCC1(C(F)(F)F)C(F)(F)C(F)(F)C(F)(F)C1(F)F. The molecule has 1 rings (SSSR count). The molecule has 0 aromatic carbocycles. The van der Waals surface area contributed by atoms with Crippen molar-refractivity contribution in [1.82, 2.24) is 0 Å². The molecule has 0 unspecified atom stereocenters. The van der Waals surface area contributed by atoms with E-state index in [1.165, 1.54) is 0 Å². The van der Waals surface area contributed by atoms with Crippen molar-refractivity contribution in [3.05, 3.63) is 0 Å². The van der Waals surface area contributed by atoms with E-state index in [0.29, 0.717) is 0 Å². The predicted molar refractivity (Wildman–Crippen MR) is 38.6 cm³/mol. The van der Waals surface area contributed by atoms with E-state index in [9.17, 15) is 48.3 Å². The zero-order valence-corrected chi connectivity index (χ0v) is 8.86. The molecule has 0 nitrogen and oxygen atoms in total. The van der Waals surface area contributed by atoms with E-state index in [-0.39, 0.29) is 6.92 Å². The second kappa shape index (κ2) is 3.46. The van der Waals surface area contributed by atoms with Crippen molar-refractivity contribution < 1.29 is 48.3 Å². The minimum Gasteiger partial charge on any atom is -0.198 e. The largest absolute Gasteiger partial charge is 0.406 e. The highest BCUT2D eigenvalue weighted by atomic mass is 19.4. The second-order valence-electron chi connectivity index (χ2n) is 4.05. The Morgan fingerprint density at radius 2 is 0.895 bits per heavy atom. The summed E-state index contributed by atoms with van der Waals surface area (Å²) >= 11 is 0. The molecule has 1 aliphatic rings. The summed E-state index contributed by atoms with van der Waals surface area (Å²) in [6.07, 6.45) is -8.99. The fourth-order valence-electron chi connectivity index (χ4n) is 2.13. The lowest BCUT2D eigenvalue weighted by Crippen LogP contribution is -2.60. The average molecular weight is 310 g/mol. The highest BCUT2D eigenvalue weighted by Crippen LogP contribution is 2.76. The zero-order valence-electron chi connectivity index (χ0n) is 8.86. The lowest BCUT2D eigenvalue weighted by atomic mass is 9.76. The maximum atomic E-state index is 13.1. The van der Waals surface area contributed by atoms with Gasteiger partial charge in [0.15, 0.2) is 0 Å². The van der Waals surface area contributed by atoms with Crippen LogP contribution >= 0.6 is 0 Å². The zero-order chi connectivity index (χ0) is 15.7. The van der Waals surface area contributed by atoms with Crippen molar-refractivity contribution in [2.24, 2.45) is 5.41 Å². The molecule has 114 valence electrons. The molecule has 0 atom stereocenters.